The number of ketones is 3. The molecule has 0 radical (unpaired) electrons. The van der Waals surface area contributed by atoms with Gasteiger partial charge in [-0.15, -0.1) is 6.58 Å². The number of piperidine rings is 1. The van der Waals surface area contributed by atoms with Crippen molar-refractivity contribution in [3.8, 4) is 0 Å². The normalized spacial score (nSPS) is 20.7. The highest BCUT2D eigenvalue weighted by Crippen LogP contribution is 2.65. The van der Waals surface area contributed by atoms with Gasteiger partial charge < -0.3 is 25.2 Å². The van der Waals surface area contributed by atoms with Crippen LogP contribution in [0, 0.1) is 28.6 Å². The van der Waals surface area contributed by atoms with Crippen LogP contribution in [0.3, 0.4) is 0 Å². The van der Waals surface area contributed by atoms with E-state index in [9.17, 15) is 33.6 Å². The second-order valence-electron chi connectivity index (χ2n) is 17.0. The third-order valence-corrected chi connectivity index (χ3v) is 10.1. The summed E-state index contributed by atoms with van der Waals surface area (Å²) in [5.74, 6) is -4.23. The van der Waals surface area contributed by atoms with E-state index in [0.29, 0.717) is 18.5 Å². The molecule has 12 nitrogen and oxygen atoms in total. The van der Waals surface area contributed by atoms with Crippen LogP contribution in [0.4, 0.5) is 4.79 Å². The van der Waals surface area contributed by atoms with Crippen LogP contribution in [0.15, 0.2) is 43.0 Å². The predicted molar refractivity (Wildman–Crippen MR) is 197 cm³/mol. The number of nitrogens with zero attached hydrogens (tertiary/aromatic N) is 2. The molecule has 2 fully saturated rings. The van der Waals surface area contributed by atoms with Crippen molar-refractivity contribution in [1.29, 1.82) is 0 Å². The number of hydrogen-bond acceptors (Lipinski definition) is 8. The Hall–Kier alpha value is -4.35. The smallest absolute Gasteiger partial charge is 0.408 e. The van der Waals surface area contributed by atoms with E-state index in [1.54, 1.807) is 71.3 Å². The number of Topliss-reactive ketones (excluding diaryl/α,β-unsaturated/α-hetero) is 3. The number of carbonyl (C=O) groups is 7. The van der Waals surface area contributed by atoms with E-state index < -0.39 is 71.0 Å². The molecule has 2 aliphatic rings. The van der Waals surface area contributed by atoms with E-state index in [1.165, 1.54) is 9.80 Å². The summed E-state index contributed by atoms with van der Waals surface area (Å²) in [6, 6.07) is 5.94. The second kappa shape index (κ2) is 16.5. The molecule has 1 aliphatic carbocycles. The van der Waals surface area contributed by atoms with Crippen molar-refractivity contribution in [2.24, 2.45) is 28.6 Å². The topological polar surface area (TPSA) is 159 Å². The quantitative estimate of drug-likeness (QED) is 0.182. The lowest BCUT2D eigenvalue weighted by molar-refractivity contribution is -0.145. The Labute approximate surface area is 308 Å². The molecule has 4 amide bonds. The molecule has 3 rings (SSSR count). The standard InChI is InChI=1S/C40H58N4O8/c1-12-13-17-25(33(48)27(45)20-21-29(47)41-31(35(49)43(10)11)24-18-15-14-16-19-24)22-28(46)32-30-26(40(30,8)9)23-44(32)36(50)34(38(2,3)4)42-37(51)52-39(5,6)7/h12,14-16,18-19,25-26,30-32,34H,1,13,17,20-23H2,2-11H3,(H,41,47)(H,42,51)/t25?,26-,30-,31-,32+,34+/m0/s1. The summed E-state index contributed by atoms with van der Waals surface area (Å²) in [5.41, 5.74) is -1.12. The van der Waals surface area contributed by atoms with Gasteiger partial charge >= 0.3 is 6.09 Å². The number of likely N-dealkylation sites (tertiary alicyclic amines) is 1. The molecule has 1 saturated heterocycles. The van der Waals surface area contributed by atoms with Crippen LogP contribution < -0.4 is 10.6 Å². The number of benzene rings is 1. The summed E-state index contributed by atoms with van der Waals surface area (Å²) in [7, 11) is 3.15. The van der Waals surface area contributed by atoms with Gasteiger partial charge in [0.15, 0.2) is 11.6 Å². The SMILES string of the molecule is C=CCCC(CC(=O)[C@@H]1[C@@H]2[C@H](CN1C(=O)[C@@H](NC(=O)OC(C)(C)C)C(C)(C)C)C2(C)C)C(=O)C(=O)CCC(=O)N[C@H](C(=O)N(C)C)c1ccccc1. The molecule has 0 aromatic heterocycles. The molecular formula is C40H58N4O8. The largest absolute Gasteiger partial charge is 0.444 e. The third kappa shape index (κ3) is 10.4. The van der Waals surface area contributed by atoms with Crippen LogP contribution in [-0.4, -0.2) is 89.3 Å². The molecule has 0 bridgehead atoms. The van der Waals surface area contributed by atoms with Gasteiger partial charge in [-0.25, -0.2) is 4.79 Å². The van der Waals surface area contributed by atoms with Gasteiger partial charge in [-0.05, 0) is 61.8 Å². The van der Waals surface area contributed by atoms with Crippen molar-refractivity contribution in [1.82, 2.24) is 20.4 Å². The average Bonchev–Trinajstić information content (AvgIpc) is 3.35. The lowest BCUT2D eigenvalue weighted by atomic mass is 9.83. The van der Waals surface area contributed by atoms with E-state index in [4.69, 9.17) is 4.74 Å². The Balaban J connectivity index is 1.76. The molecular weight excluding hydrogens is 664 g/mol. The van der Waals surface area contributed by atoms with Crippen molar-refractivity contribution in [2.45, 2.75) is 111 Å². The van der Waals surface area contributed by atoms with Gasteiger partial charge in [0.1, 0.15) is 17.7 Å². The number of ether oxygens (including phenoxy) is 1. The molecule has 6 atom stereocenters. The Bertz CT molecular complexity index is 1540. The fraction of sp³-hybridized carbons (Fsp3) is 0.625. The fourth-order valence-corrected chi connectivity index (χ4v) is 7.13. The summed E-state index contributed by atoms with van der Waals surface area (Å²) in [6.45, 7) is 18.8. The summed E-state index contributed by atoms with van der Waals surface area (Å²) in [4.78, 5) is 96.7. The van der Waals surface area contributed by atoms with Gasteiger partial charge in [0, 0.05) is 45.8 Å². The highest BCUT2D eigenvalue weighted by Gasteiger charge is 2.69. The van der Waals surface area contributed by atoms with Crippen molar-refractivity contribution in [2.75, 3.05) is 20.6 Å². The summed E-state index contributed by atoms with van der Waals surface area (Å²) < 4.78 is 5.44. The van der Waals surface area contributed by atoms with Crippen LogP contribution in [0.25, 0.3) is 0 Å². The number of carbonyl (C=O) groups excluding carboxylic acids is 7. The molecule has 1 heterocycles. The Kier molecular flexibility index (Phi) is 13.4. The summed E-state index contributed by atoms with van der Waals surface area (Å²) in [5, 5.41) is 5.41. The van der Waals surface area contributed by atoms with E-state index >= 15 is 0 Å². The van der Waals surface area contributed by atoms with Gasteiger partial charge in [-0.2, -0.15) is 0 Å². The highest BCUT2D eigenvalue weighted by molar-refractivity contribution is 6.38. The average molecular weight is 723 g/mol. The molecule has 1 saturated carbocycles. The van der Waals surface area contributed by atoms with Gasteiger partial charge in [0.05, 0.1) is 6.04 Å². The van der Waals surface area contributed by atoms with Crippen molar-refractivity contribution in [3.63, 3.8) is 0 Å². The Morgan fingerprint density at radius 3 is 2.13 bits per heavy atom. The first-order chi connectivity index (χ1) is 24.0. The molecule has 2 N–H and O–H groups in total. The molecule has 52 heavy (non-hydrogen) atoms. The minimum absolute atomic E-state index is 0.0640. The second-order valence-corrected chi connectivity index (χ2v) is 17.0. The number of alkyl carbamates (subject to hydrolysis) is 1. The number of nitrogens with one attached hydrogen (secondary N) is 2. The molecule has 1 aromatic rings. The molecule has 1 unspecified atom stereocenters. The number of likely N-dealkylation sites (N-methyl/N-ethyl adjacent to an activating group) is 1. The minimum atomic E-state index is -0.987. The van der Waals surface area contributed by atoms with E-state index in [2.05, 4.69) is 17.2 Å². The van der Waals surface area contributed by atoms with Crippen LogP contribution in [0.5, 0.6) is 0 Å². The molecule has 1 aromatic carbocycles. The molecule has 1 aliphatic heterocycles. The lowest BCUT2D eigenvalue weighted by Crippen LogP contribution is -2.58. The van der Waals surface area contributed by atoms with Gasteiger partial charge in [-0.1, -0.05) is 71.0 Å². The summed E-state index contributed by atoms with van der Waals surface area (Å²) >= 11 is 0. The van der Waals surface area contributed by atoms with E-state index in [1.807, 2.05) is 34.6 Å². The zero-order valence-corrected chi connectivity index (χ0v) is 32.5. The van der Waals surface area contributed by atoms with E-state index in [-0.39, 0.29) is 48.2 Å². The fourth-order valence-electron chi connectivity index (χ4n) is 7.13. The molecule has 286 valence electrons. The maximum absolute atomic E-state index is 14.2. The van der Waals surface area contributed by atoms with Crippen LogP contribution in [0.1, 0.15) is 99.1 Å². The number of hydrogen-bond donors (Lipinski definition) is 2. The Morgan fingerprint density at radius 1 is 0.981 bits per heavy atom. The highest BCUT2D eigenvalue weighted by atomic mass is 16.6. The van der Waals surface area contributed by atoms with Gasteiger partial charge in [0.2, 0.25) is 23.5 Å². The van der Waals surface area contributed by atoms with Gasteiger partial charge in [-0.3, -0.25) is 28.8 Å². The third-order valence-electron chi connectivity index (χ3n) is 10.1. The van der Waals surface area contributed by atoms with Crippen molar-refractivity contribution < 1.29 is 38.3 Å². The first-order valence-electron chi connectivity index (χ1n) is 18.1. The van der Waals surface area contributed by atoms with Crippen LogP contribution >= 0.6 is 0 Å². The lowest BCUT2D eigenvalue weighted by Gasteiger charge is -2.38. The van der Waals surface area contributed by atoms with Crippen molar-refractivity contribution in [3.05, 3.63) is 48.6 Å². The van der Waals surface area contributed by atoms with Crippen LogP contribution in [-0.2, 0) is 33.5 Å². The first kappa shape index (κ1) is 42.1. The maximum Gasteiger partial charge on any atom is 0.408 e. The molecule has 0 spiro atoms. The maximum atomic E-state index is 14.2. The van der Waals surface area contributed by atoms with Crippen molar-refractivity contribution >= 4 is 41.2 Å². The number of fused-ring (bicyclic) bond motifs is 1. The number of allylic oxidation sites excluding steroid dienone is 1. The first-order valence-corrected chi connectivity index (χ1v) is 18.1. The van der Waals surface area contributed by atoms with Crippen LogP contribution in [0.2, 0.25) is 0 Å². The van der Waals surface area contributed by atoms with Gasteiger partial charge in [0.25, 0.3) is 0 Å². The molecule has 12 heteroatoms. The predicted octanol–water partition coefficient (Wildman–Crippen LogP) is 4.81. The monoisotopic (exact) mass is 722 g/mol. The zero-order chi connectivity index (χ0) is 39.3. The Morgan fingerprint density at radius 2 is 1.60 bits per heavy atom. The number of amides is 4. The van der Waals surface area contributed by atoms with E-state index in [0.717, 1.165) is 0 Å². The minimum Gasteiger partial charge on any atom is -0.444 e. The number of rotatable bonds is 16. The zero-order valence-electron chi connectivity index (χ0n) is 32.5. The summed E-state index contributed by atoms with van der Waals surface area (Å²) in [6.07, 6.45) is 0.466.